The lowest BCUT2D eigenvalue weighted by molar-refractivity contribution is 0.0680. The average Bonchev–Trinajstić information content (AvgIpc) is 3.12. The van der Waals surface area contributed by atoms with Crippen LogP contribution in [0.25, 0.3) is 16.9 Å². The third-order valence-electron chi connectivity index (χ3n) is 4.92. The highest BCUT2D eigenvalue weighted by atomic mass is 16.2. The summed E-state index contributed by atoms with van der Waals surface area (Å²) >= 11 is 0. The number of nitriles is 1. The summed E-state index contributed by atoms with van der Waals surface area (Å²) in [6.45, 7) is 0.972. The molecule has 3 aromatic rings. The van der Waals surface area contributed by atoms with Crippen molar-refractivity contribution >= 4 is 5.91 Å². The molecule has 3 heterocycles. The summed E-state index contributed by atoms with van der Waals surface area (Å²) in [5.74, 6) is 0.204. The van der Waals surface area contributed by atoms with Crippen molar-refractivity contribution in [1.29, 1.82) is 5.26 Å². The number of hydrogen-bond donors (Lipinski definition) is 2. The normalized spacial score (nSPS) is 16.2. The smallest absolute Gasteiger partial charge is 0.280 e. The zero-order chi connectivity index (χ0) is 19.7. The maximum Gasteiger partial charge on any atom is 0.280 e. The lowest BCUT2D eigenvalue weighted by Gasteiger charge is -2.38. The Balaban J connectivity index is 1.54. The Morgan fingerprint density at radius 2 is 2.07 bits per heavy atom. The third-order valence-corrected chi connectivity index (χ3v) is 4.92. The molecule has 0 spiro atoms. The number of carbonyl (C=O) groups excluding carboxylic acids is 1. The fraction of sp³-hybridized carbons (Fsp3) is 0.200. The molecule has 1 aromatic carbocycles. The van der Waals surface area contributed by atoms with Crippen molar-refractivity contribution in [3.8, 4) is 23.0 Å². The topological polar surface area (TPSA) is 107 Å². The number of nitrogens with zero attached hydrogens (tertiary/aromatic N) is 4. The number of aromatic nitrogens is 3. The second-order valence-corrected chi connectivity index (χ2v) is 6.68. The first-order valence-corrected chi connectivity index (χ1v) is 8.85. The summed E-state index contributed by atoms with van der Waals surface area (Å²) in [5, 5.41) is 14.7. The second-order valence-electron chi connectivity index (χ2n) is 6.68. The predicted molar refractivity (Wildman–Crippen MR) is 103 cm³/mol. The zero-order valence-electron chi connectivity index (χ0n) is 15.2. The highest BCUT2D eigenvalue weighted by molar-refractivity contribution is 5.94. The fourth-order valence-corrected chi connectivity index (χ4v) is 3.06. The summed E-state index contributed by atoms with van der Waals surface area (Å²) in [5.41, 5.74) is 1.89. The molecule has 2 N–H and O–H groups in total. The number of benzene rings is 1. The largest absolute Gasteiger partial charge is 0.336 e. The van der Waals surface area contributed by atoms with Crippen LogP contribution in [0, 0.1) is 11.3 Å². The van der Waals surface area contributed by atoms with Gasteiger partial charge in [0.25, 0.3) is 11.5 Å². The van der Waals surface area contributed by atoms with E-state index in [1.807, 2.05) is 7.05 Å². The third kappa shape index (κ3) is 3.19. The van der Waals surface area contributed by atoms with Gasteiger partial charge in [-0.25, -0.2) is 9.67 Å². The van der Waals surface area contributed by atoms with Gasteiger partial charge in [-0.15, -0.1) is 0 Å². The Kier molecular flexibility index (Phi) is 4.51. The van der Waals surface area contributed by atoms with Crippen LogP contribution in [0.3, 0.4) is 0 Å². The van der Waals surface area contributed by atoms with Crippen LogP contribution in [0.1, 0.15) is 22.3 Å². The maximum atomic E-state index is 12.7. The van der Waals surface area contributed by atoms with Gasteiger partial charge >= 0.3 is 0 Å². The maximum absolute atomic E-state index is 12.7. The minimum Gasteiger partial charge on any atom is -0.336 e. The Bertz CT molecular complexity index is 1110. The van der Waals surface area contributed by atoms with E-state index >= 15 is 0 Å². The van der Waals surface area contributed by atoms with Gasteiger partial charge in [0.2, 0.25) is 0 Å². The molecule has 1 aliphatic rings. The van der Waals surface area contributed by atoms with Crippen molar-refractivity contribution in [2.75, 3.05) is 13.6 Å². The van der Waals surface area contributed by atoms with Gasteiger partial charge in [0.1, 0.15) is 0 Å². The molecule has 1 fully saturated rings. The van der Waals surface area contributed by atoms with Crippen molar-refractivity contribution in [2.45, 2.75) is 12.6 Å². The summed E-state index contributed by atoms with van der Waals surface area (Å²) in [6.07, 6.45) is 4.05. The van der Waals surface area contributed by atoms with E-state index in [0.29, 0.717) is 28.1 Å². The molecule has 0 bridgehead atoms. The Labute approximate surface area is 161 Å². The molecule has 1 atom stereocenters. The van der Waals surface area contributed by atoms with Crippen LogP contribution in [0.4, 0.5) is 0 Å². The number of H-pyrrole nitrogens is 1. The molecule has 1 aliphatic heterocycles. The molecule has 4 rings (SSSR count). The second kappa shape index (κ2) is 7.13. The van der Waals surface area contributed by atoms with Gasteiger partial charge in [0.15, 0.2) is 5.82 Å². The van der Waals surface area contributed by atoms with Crippen molar-refractivity contribution in [3.05, 3.63) is 70.3 Å². The van der Waals surface area contributed by atoms with E-state index in [0.717, 1.165) is 13.0 Å². The van der Waals surface area contributed by atoms with E-state index in [2.05, 4.69) is 26.4 Å². The minimum atomic E-state index is -0.259. The number of pyridine rings is 1. The van der Waals surface area contributed by atoms with Gasteiger partial charge in [0, 0.05) is 18.9 Å². The first kappa shape index (κ1) is 17.7. The summed E-state index contributed by atoms with van der Waals surface area (Å²) in [7, 11) is 1.96. The quantitative estimate of drug-likeness (QED) is 0.720. The van der Waals surface area contributed by atoms with E-state index in [9.17, 15) is 9.59 Å². The molecule has 0 radical (unpaired) electrons. The number of rotatable bonds is 4. The van der Waals surface area contributed by atoms with Crippen LogP contribution >= 0.6 is 0 Å². The van der Waals surface area contributed by atoms with Crippen LogP contribution in [-0.2, 0) is 0 Å². The molecule has 0 aliphatic carbocycles. The lowest BCUT2D eigenvalue weighted by Crippen LogP contribution is -2.55. The van der Waals surface area contributed by atoms with Crippen LogP contribution in [0.2, 0.25) is 0 Å². The van der Waals surface area contributed by atoms with Gasteiger partial charge in [-0.1, -0.05) is 12.1 Å². The SMILES string of the molecule is CN1CCC1NC(=O)c1ccc(-n2[nH]cc(-c3ccc(C#N)cc3)c2=O)nc1. The number of amides is 1. The van der Waals surface area contributed by atoms with E-state index in [-0.39, 0.29) is 17.6 Å². The number of nitrogens with one attached hydrogen (secondary N) is 2. The Morgan fingerprint density at radius 3 is 2.64 bits per heavy atom. The van der Waals surface area contributed by atoms with Crippen molar-refractivity contribution in [1.82, 2.24) is 25.0 Å². The van der Waals surface area contributed by atoms with Gasteiger partial charge in [0.05, 0.1) is 28.9 Å². The molecule has 140 valence electrons. The zero-order valence-corrected chi connectivity index (χ0v) is 15.2. The number of likely N-dealkylation sites (tertiary alicyclic amines) is 1. The average molecular weight is 374 g/mol. The van der Waals surface area contributed by atoms with E-state index in [4.69, 9.17) is 5.26 Å². The fourth-order valence-electron chi connectivity index (χ4n) is 3.06. The summed E-state index contributed by atoms with van der Waals surface area (Å²) in [6, 6.07) is 12.1. The summed E-state index contributed by atoms with van der Waals surface area (Å²) < 4.78 is 1.31. The molecule has 0 saturated carbocycles. The first-order chi connectivity index (χ1) is 13.6. The molecule has 1 amide bonds. The van der Waals surface area contributed by atoms with Crippen molar-refractivity contribution in [2.24, 2.45) is 0 Å². The van der Waals surface area contributed by atoms with Crippen LogP contribution < -0.4 is 10.9 Å². The molecule has 8 heteroatoms. The first-order valence-electron chi connectivity index (χ1n) is 8.85. The molecule has 1 unspecified atom stereocenters. The van der Waals surface area contributed by atoms with E-state index in [1.54, 1.807) is 42.6 Å². The number of aromatic amines is 1. The Hall–Kier alpha value is -3.70. The standard InChI is InChI=1S/C20H18N6O2/c1-25-9-8-18(25)24-19(27)15-6-7-17(22-11-15)26-20(28)16(12-23-26)14-4-2-13(10-21)3-5-14/h2-7,11-12,18,23H,8-9H2,1H3,(H,24,27). The molecule has 8 nitrogen and oxygen atoms in total. The van der Waals surface area contributed by atoms with Gasteiger partial charge < -0.3 is 5.32 Å². The van der Waals surface area contributed by atoms with Crippen molar-refractivity contribution in [3.63, 3.8) is 0 Å². The van der Waals surface area contributed by atoms with Crippen LogP contribution in [0.5, 0.6) is 0 Å². The summed E-state index contributed by atoms with van der Waals surface area (Å²) in [4.78, 5) is 31.3. The minimum absolute atomic E-state index is 0.0631. The van der Waals surface area contributed by atoms with Gasteiger partial charge in [-0.2, -0.15) is 5.26 Å². The van der Waals surface area contributed by atoms with Gasteiger partial charge in [-0.3, -0.25) is 19.6 Å². The molecule has 1 saturated heterocycles. The molecular formula is C20H18N6O2. The highest BCUT2D eigenvalue weighted by Gasteiger charge is 2.25. The molecular weight excluding hydrogens is 356 g/mol. The van der Waals surface area contributed by atoms with E-state index in [1.165, 1.54) is 10.9 Å². The monoisotopic (exact) mass is 374 g/mol. The molecule has 2 aromatic heterocycles. The van der Waals surface area contributed by atoms with Crippen LogP contribution in [-0.4, -0.2) is 45.3 Å². The highest BCUT2D eigenvalue weighted by Crippen LogP contribution is 2.16. The van der Waals surface area contributed by atoms with E-state index < -0.39 is 0 Å². The number of carbonyl (C=O) groups is 1. The van der Waals surface area contributed by atoms with Gasteiger partial charge in [-0.05, 0) is 43.3 Å². The predicted octanol–water partition coefficient (Wildman–Crippen LogP) is 1.49. The van der Waals surface area contributed by atoms with Crippen LogP contribution in [0.15, 0.2) is 53.6 Å². The van der Waals surface area contributed by atoms with Crippen molar-refractivity contribution < 1.29 is 4.79 Å². The lowest BCUT2D eigenvalue weighted by atomic mass is 10.1. The number of hydrogen-bond acceptors (Lipinski definition) is 5. The Morgan fingerprint density at radius 1 is 1.29 bits per heavy atom. The molecule has 28 heavy (non-hydrogen) atoms.